The maximum atomic E-state index is 13.1. The molecule has 0 fully saturated rings. The van der Waals surface area contributed by atoms with Crippen molar-refractivity contribution in [2.24, 2.45) is 0 Å². The first-order valence-corrected chi connectivity index (χ1v) is 4.50. The smallest absolute Gasteiger partial charge is 0.181 e. The molecule has 0 aliphatic carbocycles. The van der Waals surface area contributed by atoms with Crippen molar-refractivity contribution in [1.29, 1.82) is 0 Å². The van der Waals surface area contributed by atoms with Gasteiger partial charge in [0.2, 0.25) is 0 Å². The Bertz CT molecular complexity index is 598. The standard InChI is InChI=1S/C11H7FN2O/c12-8-1-3-14-4-2-9(10(14)5-8)11-6-13-7-15-11/h1-7H. The molecule has 0 N–H and O–H groups in total. The van der Waals surface area contributed by atoms with Crippen LogP contribution in [0.15, 0.2) is 47.6 Å². The zero-order valence-electron chi connectivity index (χ0n) is 7.72. The first kappa shape index (κ1) is 8.23. The molecule has 0 aliphatic rings. The molecule has 0 unspecified atom stereocenters. The number of hydrogen-bond acceptors (Lipinski definition) is 2. The third-order valence-corrected chi connectivity index (χ3v) is 2.32. The number of nitrogens with zero attached hydrogens (tertiary/aromatic N) is 2. The Labute approximate surface area is 84.8 Å². The van der Waals surface area contributed by atoms with E-state index in [9.17, 15) is 4.39 Å². The van der Waals surface area contributed by atoms with Gasteiger partial charge in [-0.25, -0.2) is 9.37 Å². The van der Waals surface area contributed by atoms with Crippen LogP contribution in [0, 0.1) is 5.82 Å². The van der Waals surface area contributed by atoms with Gasteiger partial charge in [-0.05, 0) is 18.2 Å². The zero-order chi connectivity index (χ0) is 10.3. The highest BCUT2D eigenvalue weighted by Crippen LogP contribution is 2.25. The molecular weight excluding hydrogens is 195 g/mol. The minimum atomic E-state index is -0.262. The van der Waals surface area contributed by atoms with Crippen molar-refractivity contribution < 1.29 is 8.81 Å². The van der Waals surface area contributed by atoms with Crippen LogP contribution in [0.25, 0.3) is 16.8 Å². The average molecular weight is 202 g/mol. The SMILES string of the molecule is Fc1ccn2ccc(-c3cnco3)c2c1. The Balaban J connectivity index is 2.32. The van der Waals surface area contributed by atoms with E-state index in [0.29, 0.717) is 5.76 Å². The van der Waals surface area contributed by atoms with Crippen LogP contribution in [0.5, 0.6) is 0 Å². The maximum absolute atomic E-state index is 13.1. The van der Waals surface area contributed by atoms with Gasteiger partial charge in [0, 0.05) is 18.0 Å². The number of fused-ring (bicyclic) bond motifs is 1. The summed E-state index contributed by atoms with van der Waals surface area (Å²) in [5.74, 6) is 0.380. The van der Waals surface area contributed by atoms with Crippen molar-refractivity contribution in [2.75, 3.05) is 0 Å². The van der Waals surface area contributed by atoms with E-state index in [-0.39, 0.29) is 5.82 Å². The number of aromatic nitrogens is 2. The second-order valence-corrected chi connectivity index (χ2v) is 3.23. The van der Waals surface area contributed by atoms with Gasteiger partial charge in [0.05, 0.1) is 11.7 Å². The molecule has 0 amide bonds. The molecule has 0 saturated carbocycles. The monoisotopic (exact) mass is 202 g/mol. The molecule has 74 valence electrons. The Kier molecular flexibility index (Phi) is 1.62. The van der Waals surface area contributed by atoms with E-state index in [1.807, 2.05) is 16.7 Å². The van der Waals surface area contributed by atoms with E-state index in [2.05, 4.69) is 4.98 Å². The highest BCUT2D eigenvalue weighted by atomic mass is 19.1. The summed E-state index contributed by atoms with van der Waals surface area (Å²) < 4.78 is 20.1. The molecule has 15 heavy (non-hydrogen) atoms. The molecular formula is C11H7FN2O. The van der Waals surface area contributed by atoms with Gasteiger partial charge in [0.1, 0.15) is 5.82 Å². The van der Waals surface area contributed by atoms with Crippen molar-refractivity contribution in [2.45, 2.75) is 0 Å². The summed E-state index contributed by atoms with van der Waals surface area (Å²) in [5.41, 5.74) is 1.61. The van der Waals surface area contributed by atoms with Crippen LogP contribution in [0.3, 0.4) is 0 Å². The predicted octanol–water partition coefficient (Wildman–Crippen LogP) is 2.73. The fourth-order valence-electron chi connectivity index (χ4n) is 1.63. The fourth-order valence-corrected chi connectivity index (χ4v) is 1.63. The van der Waals surface area contributed by atoms with E-state index in [1.54, 1.807) is 12.4 Å². The Morgan fingerprint density at radius 1 is 1.27 bits per heavy atom. The van der Waals surface area contributed by atoms with Crippen LogP contribution >= 0.6 is 0 Å². The second-order valence-electron chi connectivity index (χ2n) is 3.23. The van der Waals surface area contributed by atoms with Gasteiger partial charge in [-0.2, -0.15) is 0 Å². The van der Waals surface area contributed by atoms with E-state index in [0.717, 1.165) is 11.1 Å². The molecule has 0 saturated heterocycles. The Hall–Kier alpha value is -2.10. The number of halogens is 1. The molecule has 0 spiro atoms. The van der Waals surface area contributed by atoms with Gasteiger partial charge >= 0.3 is 0 Å². The first-order chi connectivity index (χ1) is 7.34. The normalized spacial score (nSPS) is 11.0. The summed E-state index contributed by atoms with van der Waals surface area (Å²) in [5, 5.41) is 0. The minimum absolute atomic E-state index is 0.262. The van der Waals surface area contributed by atoms with Gasteiger partial charge in [0.15, 0.2) is 12.2 Å². The Morgan fingerprint density at radius 2 is 2.13 bits per heavy atom. The van der Waals surface area contributed by atoms with Gasteiger partial charge in [-0.15, -0.1) is 0 Å². The quantitative estimate of drug-likeness (QED) is 0.607. The van der Waals surface area contributed by atoms with E-state index >= 15 is 0 Å². The molecule has 0 bridgehead atoms. The predicted molar refractivity (Wildman–Crippen MR) is 52.9 cm³/mol. The molecule has 0 radical (unpaired) electrons. The lowest BCUT2D eigenvalue weighted by molar-refractivity contribution is 0.572. The maximum Gasteiger partial charge on any atom is 0.181 e. The highest BCUT2D eigenvalue weighted by Gasteiger charge is 2.08. The summed E-state index contributed by atoms with van der Waals surface area (Å²) >= 11 is 0. The van der Waals surface area contributed by atoms with Crippen LogP contribution in [-0.2, 0) is 0 Å². The fraction of sp³-hybridized carbons (Fsp3) is 0. The summed E-state index contributed by atoms with van der Waals surface area (Å²) in [6.07, 6.45) is 6.50. The zero-order valence-corrected chi connectivity index (χ0v) is 7.72. The third kappa shape index (κ3) is 1.22. The number of oxazole rings is 1. The third-order valence-electron chi connectivity index (χ3n) is 2.32. The van der Waals surface area contributed by atoms with E-state index in [4.69, 9.17) is 4.42 Å². The summed E-state index contributed by atoms with van der Waals surface area (Å²) in [6.45, 7) is 0. The van der Waals surface area contributed by atoms with Crippen LogP contribution < -0.4 is 0 Å². The number of pyridine rings is 1. The lowest BCUT2D eigenvalue weighted by atomic mass is 10.2. The molecule has 0 aliphatic heterocycles. The van der Waals surface area contributed by atoms with Gasteiger partial charge in [-0.3, -0.25) is 0 Å². The van der Waals surface area contributed by atoms with E-state index < -0.39 is 0 Å². The van der Waals surface area contributed by atoms with Crippen LogP contribution in [0.1, 0.15) is 0 Å². The molecule has 3 nitrogen and oxygen atoms in total. The van der Waals surface area contributed by atoms with Crippen LogP contribution in [-0.4, -0.2) is 9.38 Å². The minimum Gasteiger partial charge on any atom is -0.443 e. The lowest BCUT2D eigenvalue weighted by Gasteiger charge is -1.96. The van der Waals surface area contributed by atoms with Crippen molar-refractivity contribution in [3.63, 3.8) is 0 Å². The van der Waals surface area contributed by atoms with Crippen molar-refractivity contribution in [1.82, 2.24) is 9.38 Å². The van der Waals surface area contributed by atoms with Crippen LogP contribution in [0.2, 0.25) is 0 Å². The van der Waals surface area contributed by atoms with Crippen molar-refractivity contribution in [3.8, 4) is 11.3 Å². The van der Waals surface area contributed by atoms with Crippen molar-refractivity contribution >= 4 is 5.52 Å². The summed E-state index contributed by atoms with van der Waals surface area (Å²) in [7, 11) is 0. The molecule has 3 aromatic rings. The summed E-state index contributed by atoms with van der Waals surface area (Å²) in [4.78, 5) is 3.84. The number of hydrogen-bond donors (Lipinski definition) is 0. The molecule has 3 rings (SSSR count). The van der Waals surface area contributed by atoms with Gasteiger partial charge < -0.3 is 8.82 Å². The van der Waals surface area contributed by atoms with E-state index in [1.165, 1.54) is 18.5 Å². The lowest BCUT2D eigenvalue weighted by Crippen LogP contribution is -1.83. The average Bonchev–Trinajstić information content (AvgIpc) is 2.83. The summed E-state index contributed by atoms with van der Waals surface area (Å²) in [6, 6.07) is 4.75. The first-order valence-electron chi connectivity index (χ1n) is 4.50. The largest absolute Gasteiger partial charge is 0.443 e. The topological polar surface area (TPSA) is 30.4 Å². The van der Waals surface area contributed by atoms with Gasteiger partial charge in [0.25, 0.3) is 0 Å². The molecule has 0 aromatic carbocycles. The Morgan fingerprint density at radius 3 is 2.93 bits per heavy atom. The molecule has 0 atom stereocenters. The van der Waals surface area contributed by atoms with Crippen molar-refractivity contribution in [3.05, 3.63) is 49.0 Å². The molecule has 4 heteroatoms. The molecule has 3 aromatic heterocycles. The second kappa shape index (κ2) is 2.95. The van der Waals surface area contributed by atoms with Gasteiger partial charge in [-0.1, -0.05) is 0 Å². The highest BCUT2D eigenvalue weighted by molar-refractivity contribution is 5.77. The number of rotatable bonds is 1. The van der Waals surface area contributed by atoms with Crippen LogP contribution in [0.4, 0.5) is 4.39 Å². The molecule has 3 heterocycles.